The molecule has 6 heteroatoms. The number of benzene rings is 1. The number of likely N-dealkylation sites (N-methyl/N-ethyl adjacent to an activating group) is 1. The van der Waals surface area contributed by atoms with Gasteiger partial charge in [0.2, 0.25) is 0 Å². The van der Waals surface area contributed by atoms with Crippen molar-refractivity contribution in [1.29, 1.82) is 0 Å². The molecule has 0 amide bonds. The maximum Gasteiger partial charge on any atom is 0.193 e. The van der Waals surface area contributed by atoms with Crippen LogP contribution in [-0.4, -0.2) is 44.1 Å². The summed E-state index contributed by atoms with van der Waals surface area (Å²) >= 11 is 5.83. The molecule has 0 aromatic heterocycles. The van der Waals surface area contributed by atoms with Crippen LogP contribution in [0.25, 0.3) is 0 Å². The predicted octanol–water partition coefficient (Wildman–Crippen LogP) is 3.25. The minimum Gasteiger partial charge on any atom is -0.492 e. The lowest BCUT2D eigenvalue weighted by Gasteiger charge is -2.22. The molecule has 0 heterocycles. The first kappa shape index (κ1) is 18.4. The van der Waals surface area contributed by atoms with Crippen LogP contribution in [0.2, 0.25) is 5.02 Å². The first-order chi connectivity index (χ1) is 9.60. The molecule has 1 aliphatic carbocycles. The van der Waals surface area contributed by atoms with Gasteiger partial charge in [0, 0.05) is 25.2 Å². The number of hydrogen-bond acceptors (Lipinski definition) is 2. The van der Waals surface area contributed by atoms with Crippen LogP contribution < -0.4 is 10.1 Å². The molecule has 2 atom stereocenters. The summed E-state index contributed by atoms with van der Waals surface area (Å²) in [7, 11) is 3.83. The van der Waals surface area contributed by atoms with Crippen molar-refractivity contribution >= 4 is 41.5 Å². The third kappa shape index (κ3) is 5.90. The lowest BCUT2D eigenvalue weighted by Crippen LogP contribution is -2.42. The van der Waals surface area contributed by atoms with Gasteiger partial charge in [-0.25, -0.2) is 0 Å². The average molecular weight is 424 g/mol. The third-order valence-electron chi connectivity index (χ3n) is 3.51. The monoisotopic (exact) mass is 423 g/mol. The Morgan fingerprint density at radius 1 is 1.43 bits per heavy atom. The van der Waals surface area contributed by atoms with E-state index in [2.05, 4.69) is 22.1 Å². The highest BCUT2D eigenvalue weighted by molar-refractivity contribution is 14.0. The fraction of sp³-hybridized carbons (Fsp3) is 0.533. The number of halogens is 2. The Hall–Kier alpha value is -0.690. The summed E-state index contributed by atoms with van der Waals surface area (Å²) < 4.78 is 5.68. The Bertz CT molecular complexity index is 466. The number of nitrogens with one attached hydrogen (secondary N) is 1. The van der Waals surface area contributed by atoms with E-state index in [1.165, 1.54) is 6.42 Å². The van der Waals surface area contributed by atoms with Crippen molar-refractivity contribution in [2.75, 3.05) is 27.2 Å². The molecule has 0 aliphatic heterocycles. The van der Waals surface area contributed by atoms with E-state index in [1.54, 1.807) is 0 Å². The number of nitrogens with zero attached hydrogens (tertiary/aromatic N) is 2. The van der Waals surface area contributed by atoms with Gasteiger partial charge < -0.3 is 15.0 Å². The maximum atomic E-state index is 5.83. The zero-order chi connectivity index (χ0) is 14.5. The molecule has 2 rings (SSSR count). The second-order valence-electron chi connectivity index (χ2n) is 5.23. The zero-order valence-corrected chi connectivity index (χ0v) is 15.8. The lowest BCUT2D eigenvalue weighted by molar-refractivity contribution is 0.281. The molecule has 21 heavy (non-hydrogen) atoms. The molecule has 1 N–H and O–H groups in total. The minimum absolute atomic E-state index is 0. The van der Waals surface area contributed by atoms with E-state index in [4.69, 9.17) is 16.3 Å². The molecule has 0 saturated heterocycles. The Labute approximate surface area is 148 Å². The van der Waals surface area contributed by atoms with Crippen molar-refractivity contribution < 1.29 is 4.74 Å². The Morgan fingerprint density at radius 2 is 2.05 bits per heavy atom. The molecule has 1 aromatic carbocycles. The number of guanidine groups is 1. The van der Waals surface area contributed by atoms with Crippen molar-refractivity contribution in [2.45, 2.75) is 19.4 Å². The highest BCUT2D eigenvalue weighted by Crippen LogP contribution is 2.29. The normalized spacial score (nSPS) is 20.5. The quantitative estimate of drug-likeness (QED) is 0.449. The van der Waals surface area contributed by atoms with Crippen molar-refractivity contribution in [3.05, 3.63) is 29.3 Å². The van der Waals surface area contributed by atoms with Crippen LogP contribution in [0.3, 0.4) is 0 Å². The first-order valence-corrected chi connectivity index (χ1v) is 7.30. The summed E-state index contributed by atoms with van der Waals surface area (Å²) in [4.78, 5) is 6.38. The molecule has 1 aromatic rings. The molecule has 0 bridgehead atoms. The summed E-state index contributed by atoms with van der Waals surface area (Å²) in [5.74, 6) is 2.52. The van der Waals surface area contributed by atoms with Crippen molar-refractivity contribution in [3.63, 3.8) is 0 Å². The van der Waals surface area contributed by atoms with Gasteiger partial charge in [0.15, 0.2) is 5.96 Å². The SMILES string of the molecule is CN=C(NC1CC1C)N(C)CCOc1ccc(Cl)cc1.I. The summed E-state index contributed by atoms with van der Waals surface area (Å²) in [6.45, 7) is 3.64. The van der Waals surface area contributed by atoms with Crippen LogP contribution in [0.15, 0.2) is 29.3 Å². The summed E-state index contributed by atoms with van der Waals surface area (Å²) in [6.07, 6.45) is 1.23. The van der Waals surface area contributed by atoms with E-state index < -0.39 is 0 Å². The number of aliphatic imine (C=N–C) groups is 1. The average Bonchev–Trinajstić information content (AvgIpc) is 3.13. The van der Waals surface area contributed by atoms with Gasteiger partial charge in [-0.2, -0.15) is 0 Å². The Kier molecular flexibility index (Phi) is 7.59. The van der Waals surface area contributed by atoms with Gasteiger partial charge in [0.25, 0.3) is 0 Å². The molecule has 2 unspecified atom stereocenters. The van der Waals surface area contributed by atoms with Gasteiger partial charge in [-0.1, -0.05) is 18.5 Å². The number of rotatable bonds is 5. The fourth-order valence-electron chi connectivity index (χ4n) is 1.97. The van der Waals surface area contributed by atoms with Gasteiger partial charge in [-0.3, -0.25) is 4.99 Å². The van der Waals surface area contributed by atoms with Gasteiger partial charge in [0.05, 0.1) is 6.54 Å². The van der Waals surface area contributed by atoms with Crippen molar-refractivity contribution in [1.82, 2.24) is 10.2 Å². The van der Waals surface area contributed by atoms with Crippen molar-refractivity contribution in [2.24, 2.45) is 10.9 Å². The second kappa shape index (κ2) is 8.68. The zero-order valence-electron chi connectivity index (χ0n) is 12.7. The van der Waals surface area contributed by atoms with Crippen LogP contribution in [0.1, 0.15) is 13.3 Å². The second-order valence-corrected chi connectivity index (χ2v) is 5.67. The first-order valence-electron chi connectivity index (χ1n) is 6.93. The molecule has 118 valence electrons. The summed E-state index contributed by atoms with van der Waals surface area (Å²) in [6, 6.07) is 7.99. The molecule has 1 saturated carbocycles. The lowest BCUT2D eigenvalue weighted by atomic mass is 10.3. The van der Waals surface area contributed by atoms with E-state index in [0.29, 0.717) is 12.6 Å². The van der Waals surface area contributed by atoms with Crippen LogP contribution in [0, 0.1) is 5.92 Å². The predicted molar refractivity (Wildman–Crippen MR) is 99.1 cm³/mol. The van der Waals surface area contributed by atoms with E-state index in [-0.39, 0.29) is 24.0 Å². The highest BCUT2D eigenvalue weighted by Gasteiger charge is 2.33. The smallest absolute Gasteiger partial charge is 0.193 e. The van der Waals surface area contributed by atoms with Crippen LogP contribution >= 0.6 is 35.6 Å². The fourth-order valence-corrected chi connectivity index (χ4v) is 2.10. The minimum atomic E-state index is 0. The summed E-state index contributed by atoms with van der Waals surface area (Å²) in [5.41, 5.74) is 0. The van der Waals surface area contributed by atoms with Crippen LogP contribution in [0.4, 0.5) is 0 Å². The largest absolute Gasteiger partial charge is 0.492 e. The van der Waals surface area contributed by atoms with E-state index in [1.807, 2.05) is 38.4 Å². The Balaban J connectivity index is 0.00000220. The summed E-state index contributed by atoms with van der Waals surface area (Å²) in [5, 5.41) is 4.17. The van der Waals surface area contributed by atoms with Gasteiger partial charge in [-0.05, 0) is 36.6 Å². The van der Waals surface area contributed by atoms with Crippen LogP contribution in [0.5, 0.6) is 5.75 Å². The molecule has 4 nitrogen and oxygen atoms in total. The molecule has 1 fully saturated rings. The third-order valence-corrected chi connectivity index (χ3v) is 3.76. The topological polar surface area (TPSA) is 36.9 Å². The van der Waals surface area contributed by atoms with Crippen LogP contribution in [-0.2, 0) is 0 Å². The standard InChI is InChI=1S/C15H22ClN3O.HI/c1-11-10-14(11)18-15(17-2)19(3)8-9-20-13-6-4-12(16)5-7-13;/h4-7,11,14H,8-10H2,1-3H3,(H,17,18);1H. The highest BCUT2D eigenvalue weighted by atomic mass is 127. The van der Waals surface area contributed by atoms with Crippen molar-refractivity contribution in [3.8, 4) is 5.75 Å². The molecular weight excluding hydrogens is 401 g/mol. The number of ether oxygens (including phenoxy) is 1. The molecule has 0 spiro atoms. The molecule has 0 radical (unpaired) electrons. The molecule has 1 aliphatic rings. The maximum absolute atomic E-state index is 5.83. The van der Waals surface area contributed by atoms with E-state index in [0.717, 1.165) is 29.2 Å². The molecular formula is C15H23ClIN3O. The number of hydrogen-bond donors (Lipinski definition) is 1. The van der Waals surface area contributed by atoms with Gasteiger partial charge in [0.1, 0.15) is 12.4 Å². The van der Waals surface area contributed by atoms with Gasteiger partial charge >= 0.3 is 0 Å². The van der Waals surface area contributed by atoms with Gasteiger partial charge in [-0.15, -0.1) is 24.0 Å². The Morgan fingerprint density at radius 3 is 2.57 bits per heavy atom. The van der Waals surface area contributed by atoms with E-state index >= 15 is 0 Å². The van der Waals surface area contributed by atoms with E-state index in [9.17, 15) is 0 Å².